The molecule has 0 aliphatic carbocycles. The number of esters is 2. The second-order valence-electron chi connectivity index (χ2n) is 16.1. The van der Waals surface area contributed by atoms with Gasteiger partial charge in [-0.1, -0.05) is 100 Å². The molecule has 5 atom stereocenters. The van der Waals surface area contributed by atoms with Crippen molar-refractivity contribution in [2.45, 2.75) is 148 Å². The molecule has 0 saturated heterocycles. The third-order valence-corrected chi connectivity index (χ3v) is 10.6. The number of carbonyl (C=O) groups excluding carboxylic acids is 2. The van der Waals surface area contributed by atoms with Crippen LogP contribution in [0.25, 0.3) is 0 Å². The molecule has 1 aromatic rings. The van der Waals surface area contributed by atoms with Gasteiger partial charge < -0.3 is 38.6 Å². The Hall–Kier alpha value is -3.13. The van der Waals surface area contributed by atoms with Crippen LogP contribution in [0.15, 0.2) is 65.2 Å². The zero-order chi connectivity index (χ0) is 44.8. The van der Waals surface area contributed by atoms with Gasteiger partial charge in [-0.15, -0.1) is 0 Å². The summed E-state index contributed by atoms with van der Waals surface area (Å²) in [6, 6.07) is 0. The number of carbonyl (C=O) groups is 2. The van der Waals surface area contributed by atoms with Gasteiger partial charge in [0.25, 0.3) is 0 Å². The van der Waals surface area contributed by atoms with Crippen molar-refractivity contribution in [1.29, 1.82) is 0 Å². The molecule has 0 aromatic carbocycles. The third kappa shape index (κ3) is 27.7. The number of ether oxygens (including phenoxy) is 2. The van der Waals surface area contributed by atoms with Crippen molar-refractivity contribution in [1.82, 2.24) is 0 Å². The van der Waals surface area contributed by atoms with Gasteiger partial charge in [0.05, 0.1) is 46.1 Å². The quantitative estimate of drug-likeness (QED) is 0.0130. The number of allylic oxidation sites excluding steroid dienone is 7. The first-order valence-electron chi connectivity index (χ1n) is 21.7. The Kier molecular flexibility index (Phi) is 29.0. The Labute approximate surface area is 360 Å². The Bertz CT molecular complexity index is 1540. The number of aliphatic hydroxyl groups is 3. The summed E-state index contributed by atoms with van der Waals surface area (Å²) >= 11 is 0. The van der Waals surface area contributed by atoms with E-state index in [-0.39, 0.29) is 38.9 Å². The molecular formula is C46H77NO12P+. The molecule has 1 heterocycles. The van der Waals surface area contributed by atoms with Gasteiger partial charge in [-0.3, -0.25) is 18.6 Å². The fourth-order valence-corrected chi connectivity index (χ4v) is 6.55. The summed E-state index contributed by atoms with van der Waals surface area (Å²) in [5, 5.41) is 30.6. The lowest BCUT2D eigenvalue weighted by Crippen LogP contribution is -2.37. The Balaban J connectivity index is 2.53. The molecule has 14 heteroatoms. The van der Waals surface area contributed by atoms with Gasteiger partial charge in [-0.25, -0.2) is 4.57 Å². The number of likely N-dealkylation sites (N-methyl/N-ethyl adjacent to an activating group) is 1. The average Bonchev–Trinajstić information content (AvgIpc) is 3.44. The molecule has 4 N–H and O–H groups in total. The minimum atomic E-state index is -4.49. The van der Waals surface area contributed by atoms with Gasteiger partial charge in [0.15, 0.2) is 6.10 Å². The maximum atomic E-state index is 12.7. The van der Waals surface area contributed by atoms with Gasteiger partial charge in [-0.2, -0.15) is 0 Å². The highest BCUT2D eigenvalue weighted by Crippen LogP contribution is 2.43. The maximum absolute atomic E-state index is 12.7. The van der Waals surface area contributed by atoms with E-state index in [0.717, 1.165) is 69.3 Å². The Morgan fingerprint density at radius 3 is 2.00 bits per heavy atom. The third-order valence-electron chi connectivity index (χ3n) is 9.58. The molecule has 1 rings (SSSR count). The van der Waals surface area contributed by atoms with E-state index in [1.165, 1.54) is 17.2 Å². The van der Waals surface area contributed by atoms with Gasteiger partial charge in [0.2, 0.25) is 0 Å². The number of aryl methyl sites for hydroxylation is 2. The normalized spacial score (nSPS) is 15.7. The first kappa shape index (κ1) is 54.9. The maximum Gasteiger partial charge on any atom is 0.472 e. The summed E-state index contributed by atoms with van der Waals surface area (Å²) < 4.78 is 40.1. The van der Waals surface area contributed by atoms with E-state index in [0.29, 0.717) is 23.9 Å². The Morgan fingerprint density at radius 1 is 0.750 bits per heavy atom. The van der Waals surface area contributed by atoms with Crippen molar-refractivity contribution in [2.75, 3.05) is 47.5 Å². The molecule has 0 amide bonds. The molecule has 0 aliphatic heterocycles. The number of aliphatic hydroxyl groups excluding tert-OH is 3. The molecule has 13 nitrogen and oxygen atoms in total. The SMILES string of the molecule is CC/C=C\C[C@H](O)/C=C/C=C/C=C\C=C/[C@@H](O)[C@H](O)CCCC(=O)O[C@H](COC(=O)CCCCCCCCc1oc(CCC)c(C)c1C)COP(=O)(O)OCC[N+](C)(C)C. The van der Waals surface area contributed by atoms with E-state index in [1.54, 1.807) is 42.5 Å². The average molecular weight is 867 g/mol. The van der Waals surface area contributed by atoms with Crippen LogP contribution in [0, 0.1) is 13.8 Å². The highest BCUT2D eigenvalue weighted by atomic mass is 31.2. The topological polar surface area (TPSA) is 182 Å². The molecule has 0 saturated carbocycles. The molecule has 60 heavy (non-hydrogen) atoms. The van der Waals surface area contributed by atoms with Gasteiger partial charge in [0, 0.05) is 25.7 Å². The fourth-order valence-electron chi connectivity index (χ4n) is 5.81. The molecule has 0 fully saturated rings. The highest BCUT2D eigenvalue weighted by Gasteiger charge is 2.27. The van der Waals surface area contributed by atoms with E-state index >= 15 is 0 Å². The second-order valence-corrected chi connectivity index (χ2v) is 17.6. The van der Waals surface area contributed by atoms with Crippen LogP contribution in [-0.2, 0) is 45.5 Å². The number of furan rings is 1. The van der Waals surface area contributed by atoms with Crippen LogP contribution in [0.5, 0.6) is 0 Å². The molecule has 0 aliphatic rings. The standard InChI is InChI=1S/C46H76NO12P/c1-8-10-19-26-39(48)27-20-15-11-12-16-21-28-41(49)42(50)29-24-32-46(52)58-40(36-57-60(53,54)56-34-33-47(5,6)7)35-55-45(51)31-23-18-14-13-17-22-30-44-38(4)37(3)43(59-44)25-9-2/h10-12,15-16,19-21,27-28,39-42,48-50H,8-9,13-14,17-18,22-26,29-36H2,1-7H3/p+1/b15-11+,16-12-,19-10-,27-20+,28-21-/t39-,40+,41+,42+/m0/s1. The number of phosphoric acid groups is 1. The highest BCUT2D eigenvalue weighted by molar-refractivity contribution is 7.47. The van der Waals surface area contributed by atoms with Crippen LogP contribution in [0.3, 0.4) is 0 Å². The lowest BCUT2D eigenvalue weighted by molar-refractivity contribution is -0.870. The van der Waals surface area contributed by atoms with E-state index in [1.807, 2.05) is 40.2 Å². The zero-order valence-corrected chi connectivity index (χ0v) is 38.4. The summed E-state index contributed by atoms with van der Waals surface area (Å²) in [6.07, 6.45) is 23.7. The number of quaternary nitrogens is 1. The molecular weight excluding hydrogens is 789 g/mol. The van der Waals surface area contributed by atoms with Crippen LogP contribution in [0.4, 0.5) is 0 Å². The minimum Gasteiger partial charge on any atom is -0.466 e. The molecule has 0 bridgehead atoms. The monoisotopic (exact) mass is 867 g/mol. The molecule has 0 spiro atoms. The number of hydrogen-bond donors (Lipinski definition) is 4. The van der Waals surface area contributed by atoms with Crippen molar-refractivity contribution in [3.63, 3.8) is 0 Å². The smallest absolute Gasteiger partial charge is 0.466 e. The lowest BCUT2D eigenvalue weighted by Gasteiger charge is -2.24. The predicted octanol–water partition coefficient (Wildman–Crippen LogP) is 8.25. The van der Waals surface area contributed by atoms with Crippen molar-refractivity contribution < 1.29 is 61.8 Å². The van der Waals surface area contributed by atoms with Gasteiger partial charge in [-0.05, 0) is 69.9 Å². The van der Waals surface area contributed by atoms with E-state index in [9.17, 15) is 34.4 Å². The van der Waals surface area contributed by atoms with Crippen LogP contribution >= 0.6 is 7.82 Å². The largest absolute Gasteiger partial charge is 0.472 e. The van der Waals surface area contributed by atoms with Crippen molar-refractivity contribution in [2.24, 2.45) is 0 Å². The zero-order valence-electron chi connectivity index (χ0n) is 37.5. The van der Waals surface area contributed by atoms with Crippen molar-refractivity contribution in [3.05, 3.63) is 83.4 Å². The van der Waals surface area contributed by atoms with Gasteiger partial charge >= 0.3 is 19.8 Å². The van der Waals surface area contributed by atoms with Crippen LogP contribution in [-0.4, -0.2) is 109 Å². The summed E-state index contributed by atoms with van der Waals surface area (Å²) in [5.74, 6) is 1.02. The second kappa shape index (κ2) is 31.7. The number of phosphoric ester groups is 1. The van der Waals surface area contributed by atoms with Crippen LogP contribution in [0.1, 0.15) is 120 Å². The van der Waals surface area contributed by atoms with Crippen LogP contribution in [0.2, 0.25) is 0 Å². The lowest BCUT2D eigenvalue weighted by atomic mass is 10.0. The van der Waals surface area contributed by atoms with Crippen molar-refractivity contribution >= 4 is 19.8 Å². The van der Waals surface area contributed by atoms with E-state index in [2.05, 4.69) is 20.8 Å². The predicted molar refractivity (Wildman–Crippen MR) is 236 cm³/mol. The fraction of sp³-hybridized carbons (Fsp3) is 0.652. The minimum absolute atomic E-state index is 0.0440. The molecule has 342 valence electrons. The number of rotatable bonds is 34. The summed E-state index contributed by atoms with van der Waals surface area (Å²) in [6.45, 7) is 7.93. The molecule has 1 aromatic heterocycles. The number of hydrogen-bond acceptors (Lipinski definition) is 11. The molecule has 1 unspecified atom stereocenters. The van der Waals surface area contributed by atoms with Crippen molar-refractivity contribution in [3.8, 4) is 0 Å². The Morgan fingerprint density at radius 2 is 1.35 bits per heavy atom. The van der Waals surface area contributed by atoms with Crippen LogP contribution < -0.4 is 0 Å². The summed E-state index contributed by atoms with van der Waals surface area (Å²) in [4.78, 5) is 35.5. The first-order valence-corrected chi connectivity index (χ1v) is 23.2. The number of unbranched alkanes of at least 4 members (excludes halogenated alkanes) is 5. The van der Waals surface area contributed by atoms with E-state index < -0.39 is 50.8 Å². The van der Waals surface area contributed by atoms with E-state index in [4.69, 9.17) is 22.9 Å². The van der Waals surface area contributed by atoms with Gasteiger partial charge in [0.1, 0.15) is 31.3 Å². The summed E-state index contributed by atoms with van der Waals surface area (Å²) in [5.41, 5.74) is 2.53. The summed E-state index contributed by atoms with van der Waals surface area (Å²) in [7, 11) is 1.22. The molecule has 0 radical (unpaired) electrons. The first-order chi connectivity index (χ1) is 28.5. The number of nitrogens with zero attached hydrogens (tertiary/aromatic N) is 1.